The molecule has 9 nitrogen and oxygen atoms in total. The first-order valence-electron chi connectivity index (χ1n) is 10.1. The molecule has 4 heterocycles. The molecule has 4 aromatic rings. The molecule has 0 unspecified atom stereocenters. The lowest BCUT2D eigenvalue weighted by molar-refractivity contribution is 0.310. The number of pyridine rings is 1. The fourth-order valence-corrected chi connectivity index (χ4v) is 3.72. The number of anilines is 4. The zero-order valence-corrected chi connectivity index (χ0v) is 17.4. The molecule has 0 spiro atoms. The summed E-state index contributed by atoms with van der Waals surface area (Å²) in [4.78, 5) is 12.9. The van der Waals surface area contributed by atoms with Crippen LogP contribution >= 0.6 is 0 Å². The van der Waals surface area contributed by atoms with E-state index in [1.54, 1.807) is 19.2 Å². The molecular formula is C21H20F2N8O. The van der Waals surface area contributed by atoms with Gasteiger partial charge in [-0.25, -0.2) is 24.0 Å². The molecule has 4 N–H and O–H groups in total. The Morgan fingerprint density at radius 2 is 2.06 bits per heavy atom. The van der Waals surface area contributed by atoms with Gasteiger partial charge in [-0.2, -0.15) is 9.49 Å². The number of hydrogen-bond donors (Lipinski definition) is 3. The van der Waals surface area contributed by atoms with Crippen LogP contribution in [0, 0.1) is 18.7 Å². The van der Waals surface area contributed by atoms with Gasteiger partial charge >= 0.3 is 0 Å². The Hall–Kier alpha value is -4.02. The van der Waals surface area contributed by atoms with Gasteiger partial charge < -0.3 is 21.1 Å². The van der Waals surface area contributed by atoms with Crippen LogP contribution in [0.2, 0.25) is 0 Å². The smallest absolute Gasteiger partial charge is 0.237 e. The summed E-state index contributed by atoms with van der Waals surface area (Å²) in [6.07, 6.45) is 4.32. The average Bonchev–Trinajstić information content (AvgIpc) is 3.16. The molecule has 0 saturated heterocycles. The number of hydrogen-bond acceptors (Lipinski definition) is 8. The van der Waals surface area contributed by atoms with Crippen molar-refractivity contribution in [2.45, 2.75) is 20.4 Å². The first-order chi connectivity index (χ1) is 15.5. The predicted octanol–water partition coefficient (Wildman–Crippen LogP) is 3.62. The van der Waals surface area contributed by atoms with Gasteiger partial charge in [-0.3, -0.25) is 0 Å². The highest BCUT2D eigenvalue weighted by Gasteiger charge is 2.21. The van der Waals surface area contributed by atoms with Crippen molar-refractivity contribution < 1.29 is 13.5 Å². The van der Waals surface area contributed by atoms with Crippen LogP contribution < -0.4 is 21.1 Å². The summed E-state index contributed by atoms with van der Waals surface area (Å²) >= 11 is 0. The number of nitrogens with two attached hydrogens (primary N) is 1. The predicted molar refractivity (Wildman–Crippen MR) is 117 cm³/mol. The molecule has 5 rings (SSSR count). The lowest BCUT2D eigenvalue weighted by Crippen LogP contribution is -2.20. The standard InChI is InChI=1S/C21H20F2N8O/c1-3-31-19(23)15(9-28-31)30-21-27-8-13-14(29-21)6-11(16(22)17(13)24)12-7-26-20-18(10(12)2)25-4-5-32-20/h6-9,25H,3-5,24H2,1-2H3,(H,27,29,30). The summed E-state index contributed by atoms with van der Waals surface area (Å²) in [6, 6.07) is 1.58. The first kappa shape index (κ1) is 19.9. The maximum Gasteiger partial charge on any atom is 0.237 e. The molecule has 32 heavy (non-hydrogen) atoms. The monoisotopic (exact) mass is 438 g/mol. The lowest BCUT2D eigenvalue weighted by atomic mass is 9.98. The van der Waals surface area contributed by atoms with Crippen LogP contribution in [0.25, 0.3) is 22.0 Å². The molecule has 0 aliphatic carbocycles. The lowest BCUT2D eigenvalue weighted by Gasteiger charge is -2.22. The first-order valence-corrected chi connectivity index (χ1v) is 10.1. The molecule has 0 saturated carbocycles. The van der Waals surface area contributed by atoms with Crippen molar-refractivity contribution in [3.63, 3.8) is 0 Å². The Labute approximate surface area is 181 Å². The number of halogens is 2. The third-order valence-corrected chi connectivity index (χ3v) is 5.42. The fraction of sp³-hybridized carbons (Fsp3) is 0.238. The number of nitrogen functional groups attached to an aromatic ring is 1. The van der Waals surface area contributed by atoms with Gasteiger partial charge in [0.1, 0.15) is 18.0 Å². The molecule has 0 bridgehead atoms. The van der Waals surface area contributed by atoms with Crippen molar-refractivity contribution >= 4 is 33.9 Å². The van der Waals surface area contributed by atoms with E-state index >= 15 is 4.39 Å². The van der Waals surface area contributed by atoms with Gasteiger partial charge in [0.15, 0.2) is 5.82 Å². The maximum atomic E-state index is 15.2. The zero-order chi connectivity index (χ0) is 22.4. The summed E-state index contributed by atoms with van der Waals surface area (Å²) in [5.41, 5.74) is 8.88. The quantitative estimate of drug-likeness (QED) is 0.414. The second kappa shape index (κ2) is 7.59. The third kappa shape index (κ3) is 3.13. The van der Waals surface area contributed by atoms with E-state index in [9.17, 15) is 4.39 Å². The molecule has 0 amide bonds. The molecule has 3 aromatic heterocycles. The Morgan fingerprint density at radius 1 is 1.22 bits per heavy atom. The van der Waals surface area contributed by atoms with E-state index in [-0.39, 0.29) is 22.9 Å². The van der Waals surface area contributed by atoms with Gasteiger partial charge in [-0.05, 0) is 25.5 Å². The van der Waals surface area contributed by atoms with Crippen LogP contribution in [0.15, 0.2) is 24.7 Å². The number of fused-ring (bicyclic) bond motifs is 2. The summed E-state index contributed by atoms with van der Waals surface area (Å²) in [5.74, 6) is -0.492. The largest absolute Gasteiger partial charge is 0.474 e. The van der Waals surface area contributed by atoms with Crippen molar-refractivity contribution in [1.29, 1.82) is 0 Å². The molecule has 0 fully saturated rings. The van der Waals surface area contributed by atoms with E-state index in [2.05, 4.69) is 30.7 Å². The molecule has 1 aliphatic rings. The number of nitrogens with zero attached hydrogens (tertiary/aromatic N) is 5. The van der Waals surface area contributed by atoms with Gasteiger partial charge in [0.25, 0.3) is 0 Å². The number of rotatable bonds is 4. The Bertz CT molecular complexity index is 1350. The highest BCUT2D eigenvalue weighted by atomic mass is 19.1. The van der Waals surface area contributed by atoms with E-state index < -0.39 is 11.8 Å². The number of aromatic nitrogens is 5. The minimum atomic E-state index is -0.585. The van der Waals surface area contributed by atoms with Crippen molar-refractivity contribution in [1.82, 2.24) is 24.7 Å². The van der Waals surface area contributed by atoms with E-state index in [0.29, 0.717) is 42.0 Å². The zero-order valence-electron chi connectivity index (χ0n) is 17.4. The summed E-state index contributed by atoms with van der Waals surface area (Å²) < 4.78 is 36.3. The van der Waals surface area contributed by atoms with Crippen LogP contribution in [-0.4, -0.2) is 37.9 Å². The summed E-state index contributed by atoms with van der Waals surface area (Å²) in [5, 5.41) is 10.4. The Morgan fingerprint density at radius 3 is 2.84 bits per heavy atom. The van der Waals surface area contributed by atoms with Gasteiger partial charge in [-0.1, -0.05) is 0 Å². The highest BCUT2D eigenvalue weighted by Crippen LogP contribution is 2.39. The normalized spacial score (nSPS) is 12.9. The van der Waals surface area contributed by atoms with Gasteiger partial charge in [0.05, 0.1) is 17.4 Å². The molecule has 164 valence electrons. The second-order valence-corrected chi connectivity index (χ2v) is 7.32. The third-order valence-electron chi connectivity index (χ3n) is 5.42. The van der Waals surface area contributed by atoms with Crippen LogP contribution in [0.3, 0.4) is 0 Å². The number of aryl methyl sites for hydroxylation is 1. The SMILES string of the molecule is CCn1ncc(Nc2ncc3c(N)c(F)c(-c4cnc5c(c4C)NCCO5)cc3n2)c1F. The molecule has 11 heteroatoms. The minimum Gasteiger partial charge on any atom is -0.474 e. The van der Waals surface area contributed by atoms with E-state index in [1.165, 1.54) is 17.1 Å². The van der Waals surface area contributed by atoms with E-state index in [1.807, 2.05) is 6.92 Å². The molecule has 1 aliphatic heterocycles. The number of nitrogens with one attached hydrogen (secondary N) is 2. The number of ether oxygens (including phenoxy) is 1. The molecule has 0 radical (unpaired) electrons. The highest BCUT2D eigenvalue weighted by molar-refractivity contribution is 5.96. The fourth-order valence-electron chi connectivity index (χ4n) is 3.72. The molecular weight excluding hydrogens is 418 g/mol. The topological polar surface area (TPSA) is 116 Å². The van der Waals surface area contributed by atoms with E-state index in [4.69, 9.17) is 10.5 Å². The van der Waals surface area contributed by atoms with Crippen LogP contribution in [0.5, 0.6) is 5.88 Å². The van der Waals surface area contributed by atoms with Crippen molar-refractivity contribution in [3.8, 4) is 17.0 Å². The molecule has 1 aromatic carbocycles. The van der Waals surface area contributed by atoms with Crippen LogP contribution in [-0.2, 0) is 6.54 Å². The van der Waals surface area contributed by atoms with Crippen molar-refractivity contribution in [2.24, 2.45) is 0 Å². The van der Waals surface area contributed by atoms with Gasteiger partial charge in [0, 0.05) is 42.0 Å². The van der Waals surface area contributed by atoms with Crippen molar-refractivity contribution in [3.05, 3.63) is 42.0 Å². The summed E-state index contributed by atoms with van der Waals surface area (Å²) in [6.45, 7) is 5.18. The van der Waals surface area contributed by atoms with E-state index in [0.717, 1.165) is 11.3 Å². The van der Waals surface area contributed by atoms with Crippen molar-refractivity contribution in [2.75, 3.05) is 29.5 Å². The van der Waals surface area contributed by atoms with Gasteiger partial charge in [0.2, 0.25) is 17.8 Å². The second-order valence-electron chi connectivity index (χ2n) is 7.32. The van der Waals surface area contributed by atoms with Gasteiger partial charge in [-0.15, -0.1) is 0 Å². The summed E-state index contributed by atoms with van der Waals surface area (Å²) in [7, 11) is 0. The number of benzene rings is 1. The minimum absolute atomic E-state index is 0.0737. The Balaban J connectivity index is 1.60. The molecule has 0 atom stereocenters. The van der Waals surface area contributed by atoms with Crippen LogP contribution in [0.4, 0.5) is 31.8 Å². The maximum absolute atomic E-state index is 15.2. The Kier molecular flexibility index (Phi) is 4.72. The van der Waals surface area contributed by atoms with Crippen LogP contribution in [0.1, 0.15) is 12.5 Å². The average molecular weight is 438 g/mol.